The van der Waals surface area contributed by atoms with Gasteiger partial charge in [0.15, 0.2) is 0 Å². The molecule has 2 aromatic carbocycles. The Bertz CT molecular complexity index is 316. The molecule has 0 aliphatic carbocycles. The first-order chi connectivity index (χ1) is 6.45. The molecule has 0 amide bonds. The highest BCUT2D eigenvalue weighted by atomic mass is 32.2. The molecule has 0 spiro atoms. The molecule has 1 radical (unpaired) electrons. The van der Waals surface area contributed by atoms with Crippen molar-refractivity contribution in [1.82, 2.24) is 0 Å². The average Bonchev–Trinajstić information content (AvgIpc) is 2.21. The third kappa shape index (κ3) is 2.36. The van der Waals surface area contributed by atoms with E-state index in [0.29, 0.717) is 0 Å². The fraction of sp³-hybridized carbons (Fsp3) is 0. The van der Waals surface area contributed by atoms with E-state index < -0.39 is 0 Å². The van der Waals surface area contributed by atoms with Crippen LogP contribution in [0.25, 0.3) is 0 Å². The molecule has 2 rings (SSSR count). The molecule has 0 saturated heterocycles. The van der Waals surface area contributed by atoms with Crippen molar-refractivity contribution in [3.63, 3.8) is 0 Å². The van der Waals surface area contributed by atoms with Crippen LogP contribution in [0, 0.1) is 6.07 Å². The third-order valence-corrected chi connectivity index (χ3v) is 2.68. The molecule has 0 heterocycles. The molecule has 0 saturated carbocycles. The van der Waals surface area contributed by atoms with Gasteiger partial charge >= 0.3 is 0 Å². The molecule has 0 bridgehead atoms. The second-order valence-electron chi connectivity index (χ2n) is 2.65. The van der Waals surface area contributed by atoms with Gasteiger partial charge < -0.3 is 0 Å². The van der Waals surface area contributed by atoms with Crippen molar-refractivity contribution in [1.29, 1.82) is 0 Å². The van der Waals surface area contributed by atoms with Gasteiger partial charge in [-0.15, -0.1) is 0 Å². The van der Waals surface area contributed by atoms with Crippen molar-refractivity contribution in [2.75, 3.05) is 0 Å². The lowest BCUT2D eigenvalue weighted by Gasteiger charge is -1.99. The van der Waals surface area contributed by atoms with Gasteiger partial charge in [0, 0.05) is 9.79 Å². The second-order valence-corrected chi connectivity index (χ2v) is 3.80. The summed E-state index contributed by atoms with van der Waals surface area (Å²) >= 11 is 1.77. The van der Waals surface area contributed by atoms with Crippen molar-refractivity contribution in [3.8, 4) is 0 Å². The molecular weight excluding hydrogens is 176 g/mol. The molecule has 0 aliphatic rings. The molecule has 0 nitrogen and oxygen atoms in total. The Morgan fingerprint density at radius 1 is 0.769 bits per heavy atom. The van der Waals surface area contributed by atoms with E-state index in [1.165, 1.54) is 9.79 Å². The Morgan fingerprint density at radius 3 is 2.08 bits per heavy atom. The molecular formula is C12H9S. The molecule has 13 heavy (non-hydrogen) atoms. The molecule has 63 valence electrons. The van der Waals surface area contributed by atoms with Crippen LogP contribution in [0.5, 0.6) is 0 Å². The van der Waals surface area contributed by atoms with Gasteiger partial charge in [-0.3, -0.25) is 0 Å². The lowest BCUT2D eigenvalue weighted by molar-refractivity contribution is 1.40. The number of rotatable bonds is 2. The predicted molar refractivity (Wildman–Crippen MR) is 55.8 cm³/mol. The first-order valence-corrected chi connectivity index (χ1v) is 4.96. The Morgan fingerprint density at radius 2 is 1.38 bits per heavy atom. The van der Waals surface area contributed by atoms with Crippen molar-refractivity contribution < 1.29 is 0 Å². The number of hydrogen-bond donors (Lipinski definition) is 0. The van der Waals surface area contributed by atoms with E-state index in [-0.39, 0.29) is 0 Å². The van der Waals surface area contributed by atoms with Gasteiger partial charge in [-0.25, -0.2) is 0 Å². The minimum absolute atomic E-state index is 1.25. The van der Waals surface area contributed by atoms with Crippen LogP contribution in [0.1, 0.15) is 0 Å². The van der Waals surface area contributed by atoms with E-state index >= 15 is 0 Å². The van der Waals surface area contributed by atoms with Gasteiger partial charge in [-0.2, -0.15) is 0 Å². The monoisotopic (exact) mass is 185 g/mol. The molecule has 0 atom stereocenters. The zero-order valence-electron chi connectivity index (χ0n) is 7.10. The Labute approximate surface area is 82.6 Å². The average molecular weight is 185 g/mol. The lowest BCUT2D eigenvalue weighted by Crippen LogP contribution is -1.70. The predicted octanol–water partition coefficient (Wildman–Crippen LogP) is 3.64. The van der Waals surface area contributed by atoms with E-state index in [9.17, 15) is 0 Å². The first-order valence-electron chi connectivity index (χ1n) is 4.14. The normalized spacial score (nSPS) is 9.85. The topological polar surface area (TPSA) is 0 Å². The van der Waals surface area contributed by atoms with Gasteiger partial charge in [0.2, 0.25) is 0 Å². The van der Waals surface area contributed by atoms with Gasteiger partial charge in [-0.1, -0.05) is 42.1 Å². The van der Waals surface area contributed by atoms with Crippen molar-refractivity contribution >= 4 is 11.8 Å². The largest absolute Gasteiger partial charge is 0.0901 e. The van der Waals surface area contributed by atoms with Crippen LogP contribution in [-0.4, -0.2) is 0 Å². The van der Waals surface area contributed by atoms with Crippen LogP contribution in [0.4, 0.5) is 0 Å². The fourth-order valence-electron chi connectivity index (χ4n) is 1.06. The van der Waals surface area contributed by atoms with Crippen LogP contribution in [0.2, 0.25) is 0 Å². The summed E-state index contributed by atoms with van der Waals surface area (Å²) in [5.41, 5.74) is 0. The van der Waals surface area contributed by atoms with Crippen LogP contribution in [0.15, 0.2) is 64.4 Å². The zero-order valence-corrected chi connectivity index (χ0v) is 7.92. The van der Waals surface area contributed by atoms with E-state index in [2.05, 4.69) is 42.5 Å². The van der Waals surface area contributed by atoms with Crippen molar-refractivity contribution in [2.24, 2.45) is 0 Å². The minimum atomic E-state index is 1.25. The maximum Gasteiger partial charge on any atom is 0.0122 e. The molecule has 0 aromatic heterocycles. The highest BCUT2D eigenvalue weighted by Gasteiger charge is 1.93. The summed E-state index contributed by atoms with van der Waals surface area (Å²) in [7, 11) is 0. The Kier molecular flexibility index (Phi) is 2.68. The van der Waals surface area contributed by atoms with E-state index in [1.54, 1.807) is 11.8 Å². The van der Waals surface area contributed by atoms with E-state index in [0.717, 1.165) is 0 Å². The summed E-state index contributed by atoms with van der Waals surface area (Å²) in [6.07, 6.45) is 0. The second kappa shape index (κ2) is 4.15. The minimum Gasteiger partial charge on any atom is -0.0901 e. The Hall–Kier alpha value is -1.21. The maximum absolute atomic E-state index is 3.01. The van der Waals surface area contributed by atoms with E-state index in [4.69, 9.17) is 0 Å². The van der Waals surface area contributed by atoms with Gasteiger partial charge in [0.1, 0.15) is 0 Å². The standard InChI is InChI=1S/C12H9S/c1-3-7-11(8-4-1)13-12-9-5-2-6-10-12/h1,3-10H. The van der Waals surface area contributed by atoms with Crippen LogP contribution >= 0.6 is 11.8 Å². The molecule has 0 N–H and O–H groups in total. The first kappa shape index (κ1) is 8.39. The van der Waals surface area contributed by atoms with E-state index in [1.807, 2.05) is 18.2 Å². The zero-order chi connectivity index (χ0) is 8.93. The summed E-state index contributed by atoms with van der Waals surface area (Å²) in [5, 5.41) is 0. The van der Waals surface area contributed by atoms with Crippen LogP contribution in [-0.2, 0) is 0 Å². The summed E-state index contributed by atoms with van der Waals surface area (Å²) in [4.78, 5) is 2.53. The number of hydrogen-bond acceptors (Lipinski definition) is 1. The van der Waals surface area contributed by atoms with Gasteiger partial charge in [0.05, 0.1) is 0 Å². The smallest absolute Gasteiger partial charge is 0.0122 e. The third-order valence-electron chi connectivity index (χ3n) is 1.67. The number of benzene rings is 2. The molecule has 2 aromatic rings. The highest BCUT2D eigenvalue weighted by molar-refractivity contribution is 7.99. The molecule has 0 unspecified atom stereocenters. The van der Waals surface area contributed by atoms with Gasteiger partial charge in [-0.05, 0) is 30.3 Å². The summed E-state index contributed by atoms with van der Waals surface area (Å²) in [5.74, 6) is 0. The van der Waals surface area contributed by atoms with Crippen molar-refractivity contribution in [2.45, 2.75) is 9.79 Å². The summed E-state index contributed by atoms with van der Waals surface area (Å²) in [6.45, 7) is 0. The SMILES string of the molecule is [c]1ccc(Sc2ccccc2)cc1. The van der Waals surface area contributed by atoms with Gasteiger partial charge in [0.25, 0.3) is 0 Å². The molecule has 0 aliphatic heterocycles. The van der Waals surface area contributed by atoms with Crippen LogP contribution < -0.4 is 0 Å². The maximum atomic E-state index is 3.01. The highest BCUT2D eigenvalue weighted by Crippen LogP contribution is 2.26. The quantitative estimate of drug-likeness (QED) is 0.688. The summed E-state index contributed by atoms with van der Waals surface area (Å²) < 4.78 is 0. The van der Waals surface area contributed by atoms with Crippen LogP contribution in [0.3, 0.4) is 0 Å². The Balaban J connectivity index is 2.16. The molecule has 1 heteroatoms. The van der Waals surface area contributed by atoms with Crippen molar-refractivity contribution in [3.05, 3.63) is 60.7 Å². The lowest BCUT2D eigenvalue weighted by atomic mass is 10.4. The summed E-state index contributed by atoms with van der Waals surface area (Å²) in [6, 6.07) is 21.4. The fourth-order valence-corrected chi connectivity index (χ4v) is 1.90. The molecule has 0 fully saturated rings.